The van der Waals surface area contributed by atoms with Crippen molar-refractivity contribution in [3.8, 4) is 11.1 Å². The molecule has 3 aromatic rings. The van der Waals surface area contributed by atoms with Crippen LogP contribution < -0.4 is 0 Å². The van der Waals surface area contributed by atoms with Crippen molar-refractivity contribution in [2.75, 3.05) is 0 Å². The molecule has 0 radical (unpaired) electrons. The molecule has 0 fully saturated rings. The first-order chi connectivity index (χ1) is 10.6. The average molecular weight is 308 g/mol. The molecule has 0 aliphatic carbocycles. The van der Waals surface area contributed by atoms with Crippen molar-refractivity contribution in [1.82, 2.24) is 0 Å². The zero-order valence-electron chi connectivity index (χ0n) is 12.2. The number of aryl methyl sites for hydroxylation is 1. The highest BCUT2D eigenvalue weighted by molar-refractivity contribution is 7.91. The van der Waals surface area contributed by atoms with Gasteiger partial charge in [-0.15, -0.1) is 0 Å². The van der Waals surface area contributed by atoms with Crippen LogP contribution in [0.3, 0.4) is 0 Å². The fourth-order valence-corrected chi connectivity index (χ4v) is 3.57. The number of hydrogen-bond acceptors (Lipinski definition) is 2. The SMILES string of the molecule is Cc1ccc(S(=O)(=O)c2ccc(-c3ccccc3)cc2)cc1. The summed E-state index contributed by atoms with van der Waals surface area (Å²) < 4.78 is 25.2. The van der Waals surface area contributed by atoms with Gasteiger partial charge in [0.15, 0.2) is 0 Å². The lowest BCUT2D eigenvalue weighted by molar-refractivity contribution is 0.596. The van der Waals surface area contributed by atoms with Crippen LogP contribution in [0.25, 0.3) is 11.1 Å². The Labute approximate surface area is 131 Å². The molecular weight excluding hydrogens is 292 g/mol. The maximum atomic E-state index is 12.6. The fraction of sp³-hybridized carbons (Fsp3) is 0.0526. The lowest BCUT2D eigenvalue weighted by Gasteiger charge is -2.07. The molecule has 0 atom stereocenters. The van der Waals surface area contributed by atoms with Gasteiger partial charge in [-0.2, -0.15) is 0 Å². The average Bonchev–Trinajstić information content (AvgIpc) is 2.56. The lowest BCUT2D eigenvalue weighted by Crippen LogP contribution is -2.01. The van der Waals surface area contributed by atoms with E-state index in [9.17, 15) is 8.42 Å². The molecule has 0 N–H and O–H groups in total. The normalized spacial score (nSPS) is 11.3. The maximum Gasteiger partial charge on any atom is 0.206 e. The van der Waals surface area contributed by atoms with Gasteiger partial charge in [-0.05, 0) is 42.3 Å². The second-order valence-corrected chi connectivity index (χ2v) is 7.16. The topological polar surface area (TPSA) is 34.1 Å². The van der Waals surface area contributed by atoms with Gasteiger partial charge >= 0.3 is 0 Å². The minimum absolute atomic E-state index is 0.316. The van der Waals surface area contributed by atoms with E-state index in [0.29, 0.717) is 9.79 Å². The van der Waals surface area contributed by atoms with Crippen molar-refractivity contribution in [3.63, 3.8) is 0 Å². The molecule has 22 heavy (non-hydrogen) atoms. The van der Waals surface area contributed by atoms with Gasteiger partial charge in [-0.25, -0.2) is 8.42 Å². The Bertz CT molecular complexity index is 863. The summed E-state index contributed by atoms with van der Waals surface area (Å²) >= 11 is 0. The van der Waals surface area contributed by atoms with E-state index >= 15 is 0 Å². The first kappa shape index (κ1) is 14.5. The molecular formula is C19H16O2S. The molecule has 0 saturated carbocycles. The first-order valence-corrected chi connectivity index (χ1v) is 8.53. The van der Waals surface area contributed by atoms with Crippen LogP contribution in [-0.4, -0.2) is 8.42 Å². The molecule has 0 amide bonds. The molecule has 0 aliphatic rings. The molecule has 2 nitrogen and oxygen atoms in total. The zero-order valence-corrected chi connectivity index (χ0v) is 13.0. The summed E-state index contributed by atoms with van der Waals surface area (Å²) in [4.78, 5) is 0.640. The zero-order chi connectivity index (χ0) is 15.6. The van der Waals surface area contributed by atoms with Crippen molar-refractivity contribution in [3.05, 3.63) is 84.4 Å². The van der Waals surface area contributed by atoms with Crippen LogP contribution >= 0.6 is 0 Å². The molecule has 0 saturated heterocycles. The smallest absolute Gasteiger partial charge is 0.206 e. The van der Waals surface area contributed by atoms with E-state index in [-0.39, 0.29) is 0 Å². The van der Waals surface area contributed by atoms with Gasteiger partial charge in [0.25, 0.3) is 0 Å². The van der Waals surface area contributed by atoms with Crippen LogP contribution in [0, 0.1) is 6.92 Å². The predicted molar refractivity (Wildman–Crippen MR) is 88.5 cm³/mol. The Hall–Kier alpha value is -2.39. The number of rotatable bonds is 3. The van der Waals surface area contributed by atoms with Crippen LogP contribution in [0.2, 0.25) is 0 Å². The van der Waals surface area contributed by atoms with Gasteiger partial charge in [0.2, 0.25) is 9.84 Å². The highest BCUT2D eigenvalue weighted by Crippen LogP contribution is 2.25. The Kier molecular flexibility index (Phi) is 3.82. The minimum Gasteiger partial charge on any atom is -0.219 e. The van der Waals surface area contributed by atoms with Crippen molar-refractivity contribution in [2.45, 2.75) is 16.7 Å². The molecule has 3 rings (SSSR count). The Morgan fingerprint density at radius 3 is 1.59 bits per heavy atom. The van der Waals surface area contributed by atoms with Crippen LogP contribution in [-0.2, 0) is 9.84 Å². The molecule has 0 spiro atoms. The van der Waals surface area contributed by atoms with Crippen molar-refractivity contribution in [1.29, 1.82) is 0 Å². The van der Waals surface area contributed by atoms with Gasteiger partial charge in [-0.1, -0.05) is 60.2 Å². The first-order valence-electron chi connectivity index (χ1n) is 7.04. The molecule has 0 heterocycles. The fourth-order valence-electron chi connectivity index (χ4n) is 2.31. The summed E-state index contributed by atoms with van der Waals surface area (Å²) in [6, 6.07) is 23.8. The Morgan fingerprint density at radius 1 is 0.591 bits per heavy atom. The van der Waals surface area contributed by atoms with Gasteiger partial charge < -0.3 is 0 Å². The summed E-state index contributed by atoms with van der Waals surface area (Å²) in [5.41, 5.74) is 3.11. The third-order valence-corrected chi connectivity index (χ3v) is 5.39. The highest BCUT2D eigenvalue weighted by atomic mass is 32.2. The van der Waals surface area contributed by atoms with Gasteiger partial charge in [0.05, 0.1) is 9.79 Å². The summed E-state index contributed by atoms with van der Waals surface area (Å²) in [6.45, 7) is 1.94. The highest BCUT2D eigenvalue weighted by Gasteiger charge is 2.17. The van der Waals surface area contributed by atoms with E-state index in [1.54, 1.807) is 24.3 Å². The summed E-state index contributed by atoms with van der Waals surface area (Å²) in [5, 5.41) is 0. The third-order valence-electron chi connectivity index (χ3n) is 3.60. The third kappa shape index (κ3) is 2.81. The molecule has 0 bridgehead atoms. The van der Waals surface area contributed by atoms with Crippen molar-refractivity contribution >= 4 is 9.84 Å². The van der Waals surface area contributed by atoms with Crippen LogP contribution in [0.5, 0.6) is 0 Å². The van der Waals surface area contributed by atoms with E-state index < -0.39 is 9.84 Å². The quantitative estimate of drug-likeness (QED) is 0.714. The van der Waals surface area contributed by atoms with Crippen LogP contribution in [0.15, 0.2) is 88.7 Å². The van der Waals surface area contributed by atoms with Crippen LogP contribution in [0.4, 0.5) is 0 Å². The Morgan fingerprint density at radius 2 is 1.05 bits per heavy atom. The second kappa shape index (κ2) is 5.78. The van der Waals surface area contributed by atoms with Gasteiger partial charge in [0.1, 0.15) is 0 Å². The molecule has 110 valence electrons. The minimum atomic E-state index is -3.45. The molecule has 0 aromatic heterocycles. The lowest BCUT2D eigenvalue weighted by atomic mass is 10.1. The number of hydrogen-bond donors (Lipinski definition) is 0. The summed E-state index contributed by atoms with van der Waals surface area (Å²) in [5.74, 6) is 0. The molecule has 0 unspecified atom stereocenters. The number of sulfone groups is 1. The predicted octanol–water partition coefficient (Wildman–Crippen LogP) is 4.49. The second-order valence-electron chi connectivity index (χ2n) is 5.21. The molecule has 3 heteroatoms. The van der Waals surface area contributed by atoms with E-state index in [4.69, 9.17) is 0 Å². The summed E-state index contributed by atoms with van der Waals surface area (Å²) in [7, 11) is -3.45. The van der Waals surface area contributed by atoms with E-state index in [1.807, 2.05) is 61.5 Å². The van der Waals surface area contributed by atoms with Crippen molar-refractivity contribution in [2.24, 2.45) is 0 Å². The van der Waals surface area contributed by atoms with E-state index in [2.05, 4.69) is 0 Å². The Balaban J connectivity index is 1.97. The van der Waals surface area contributed by atoms with Gasteiger partial charge in [-0.3, -0.25) is 0 Å². The maximum absolute atomic E-state index is 12.6. The monoisotopic (exact) mass is 308 g/mol. The number of benzene rings is 3. The summed E-state index contributed by atoms with van der Waals surface area (Å²) in [6.07, 6.45) is 0. The molecule has 3 aromatic carbocycles. The van der Waals surface area contributed by atoms with Gasteiger partial charge in [0, 0.05) is 0 Å². The van der Waals surface area contributed by atoms with E-state index in [0.717, 1.165) is 16.7 Å². The van der Waals surface area contributed by atoms with Crippen LogP contribution in [0.1, 0.15) is 5.56 Å². The van der Waals surface area contributed by atoms with Crippen molar-refractivity contribution < 1.29 is 8.42 Å². The largest absolute Gasteiger partial charge is 0.219 e. The van der Waals surface area contributed by atoms with E-state index in [1.165, 1.54) is 0 Å². The molecule has 0 aliphatic heterocycles. The standard InChI is InChI=1S/C19H16O2S/c1-15-7-11-18(12-8-15)22(20,21)19-13-9-17(10-14-19)16-5-3-2-4-6-16/h2-14H,1H3.